The maximum atomic E-state index is 12.4. The van der Waals surface area contributed by atoms with Crippen LogP contribution in [0.5, 0.6) is 5.75 Å². The van der Waals surface area contributed by atoms with Gasteiger partial charge in [-0.3, -0.25) is 19.3 Å². The highest BCUT2D eigenvalue weighted by atomic mass is 32.1. The number of nitrogens with two attached hydrogens (primary N) is 1. The topological polar surface area (TPSA) is 103 Å². The number of hydrogen-bond acceptors (Lipinski definition) is 6. The number of rotatable bonds is 11. The van der Waals surface area contributed by atoms with Crippen molar-refractivity contribution < 1.29 is 19.1 Å². The number of para-hydroxylation sites is 1. The molecule has 2 amide bonds. The van der Waals surface area contributed by atoms with Crippen LogP contribution in [0.1, 0.15) is 38.5 Å². The Morgan fingerprint density at radius 2 is 1.79 bits per heavy atom. The van der Waals surface area contributed by atoms with E-state index in [0.717, 1.165) is 18.4 Å². The van der Waals surface area contributed by atoms with Gasteiger partial charge in [-0.2, -0.15) is 0 Å². The Morgan fingerprint density at radius 1 is 1.11 bits per heavy atom. The number of aromatic nitrogens is 1. The zero-order chi connectivity index (χ0) is 20.5. The first-order valence-electron chi connectivity index (χ1n) is 9.12. The van der Waals surface area contributed by atoms with Gasteiger partial charge in [0.05, 0.1) is 12.8 Å². The molecular formula is C20H25N3O4S. The molecule has 0 bridgehead atoms. The lowest BCUT2D eigenvalue weighted by Gasteiger charge is -2.12. The van der Waals surface area contributed by atoms with E-state index in [4.69, 9.17) is 10.5 Å². The summed E-state index contributed by atoms with van der Waals surface area (Å²) < 4.78 is 5.34. The highest BCUT2D eigenvalue weighted by molar-refractivity contribution is 7.14. The molecule has 2 rings (SSSR count). The number of ketones is 1. The van der Waals surface area contributed by atoms with Crippen LogP contribution in [0.15, 0.2) is 29.6 Å². The Hall–Kier alpha value is -2.74. The number of Topliss-reactive ketones (excluding diaryl/α,β-unsaturated/α-hetero) is 1. The van der Waals surface area contributed by atoms with Gasteiger partial charge in [0.25, 0.3) is 5.91 Å². The minimum atomic E-state index is -0.571. The molecule has 0 fully saturated rings. The van der Waals surface area contributed by atoms with E-state index in [-0.39, 0.29) is 12.3 Å². The van der Waals surface area contributed by atoms with Crippen LogP contribution in [0.25, 0.3) is 11.3 Å². The molecule has 28 heavy (non-hydrogen) atoms. The van der Waals surface area contributed by atoms with Crippen molar-refractivity contribution in [1.29, 1.82) is 0 Å². The van der Waals surface area contributed by atoms with Crippen LogP contribution in [-0.2, 0) is 14.4 Å². The summed E-state index contributed by atoms with van der Waals surface area (Å²) in [6.07, 6.45) is 3.46. The number of primary amides is 1. The molecule has 2 aromatic rings. The lowest BCUT2D eigenvalue weighted by Crippen LogP contribution is -2.33. The maximum absolute atomic E-state index is 12.4. The Balaban J connectivity index is 1.90. The second-order valence-corrected chi connectivity index (χ2v) is 7.22. The first kappa shape index (κ1) is 21.6. The second kappa shape index (κ2) is 10.6. The summed E-state index contributed by atoms with van der Waals surface area (Å²) in [7, 11) is 3.15. The molecule has 1 heterocycles. The number of benzene rings is 1. The third-order valence-corrected chi connectivity index (χ3v) is 5.20. The van der Waals surface area contributed by atoms with Crippen molar-refractivity contribution in [1.82, 2.24) is 4.98 Å². The fourth-order valence-electron chi connectivity index (χ4n) is 2.72. The molecule has 7 nitrogen and oxygen atoms in total. The molecular weight excluding hydrogens is 378 g/mol. The molecule has 0 saturated carbocycles. The molecule has 0 spiro atoms. The molecule has 0 saturated heterocycles. The molecule has 0 aliphatic carbocycles. The Labute approximate surface area is 168 Å². The van der Waals surface area contributed by atoms with Crippen molar-refractivity contribution in [3.63, 3.8) is 0 Å². The number of thiazole rings is 1. The maximum Gasteiger partial charge on any atom is 0.295 e. The fraction of sp³-hybridized carbons (Fsp3) is 0.400. The van der Waals surface area contributed by atoms with Crippen LogP contribution in [0.4, 0.5) is 5.13 Å². The van der Waals surface area contributed by atoms with E-state index in [9.17, 15) is 14.4 Å². The minimum Gasteiger partial charge on any atom is -0.496 e. The van der Waals surface area contributed by atoms with Gasteiger partial charge >= 0.3 is 0 Å². The molecule has 0 atom stereocenters. The number of nitrogens with zero attached hydrogens (tertiary/aromatic N) is 2. The van der Waals surface area contributed by atoms with Gasteiger partial charge < -0.3 is 10.5 Å². The molecule has 1 aromatic carbocycles. The number of methoxy groups -OCH3 is 1. The standard InChI is InChI=1S/C20H25N3O4S/c1-23(19(26)16(24)10-5-3-4-6-12-18(21)25)20-22-15(13-28-20)14-9-7-8-11-17(14)27-2/h7-9,11,13H,3-6,10,12H2,1-2H3,(H2,21,25). The minimum absolute atomic E-state index is 0.185. The summed E-state index contributed by atoms with van der Waals surface area (Å²) in [5.74, 6) is -0.630. The summed E-state index contributed by atoms with van der Waals surface area (Å²) in [5.41, 5.74) is 6.61. The summed E-state index contributed by atoms with van der Waals surface area (Å²) in [5, 5.41) is 2.29. The molecule has 0 unspecified atom stereocenters. The predicted octanol–water partition coefficient (Wildman–Crippen LogP) is 3.18. The number of likely N-dealkylation sites (N-methyl/N-ethyl adjacent to an activating group) is 1. The fourth-order valence-corrected chi connectivity index (χ4v) is 3.51. The summed E-state index contributed by atoms with van der Waals surface area (Å²) in [4.78, 5) is 41.0. The smallest absolute Gasteiger partial charge is 0.295 e. The van der Waals surface area contributed by atoms with E-state index in [2.05, 4.69) is 4.98 Å². The molecule has 2 N–H and O–H groups in total. The molecule has 0 aliphatic heterocycles. The Morgan fingerprint density at radius 3 is 2.46 bits per heavy atom. The third kappa shape index (κ3) is 5.88. The number of ether oxygens (including phenoxy) is 1. The van der Waals surface area contributed by atoms with Crippen LogP contribution in [-0.4, -0.2) is 36.7 Å². The van der Waals surface area contributed by atoms with E-state index in [0.29, 0.717) is 35.8 Å². The van der Waals surface area contributed by atoms with E-state index < -0.39 is 11.7 Å². The lowest BCUT2D eigenvalue weighted by molar-refractivity contribution is -0.136. The van der Waals surface area contributed by atoms with Crippen LogP contribution in [0.3, 0.4) is 0 Å². The van der Waals surface area contributed by atoms with Crippen LogP contribution in [0.2, 0.25) is 0 Å². The zero-order valence-electron chi connectivity index (χ0n) is 16.1. The Kier molecular flexibility index (Phi) is 8.13. The molecule has 0 radical (unpaired) electrons. The average molecular weight is 404 g/mol. The zero-order valence-corrected chi connectivity index (χ0v) is 17.0. The highest BCUT2D eigenvalue weighted by Gasteiger charge is 2.22. The van der Waals surface area contributed by atoms with Gasteiger partial charge in [0.2, 0.25) is 11.7 Å². The highest BCUT2D eigenvalue weighted by Crippen LogP contribution is 2.32. The van der Waals surface area contributed by atoms with Crippen LogP contribution < -0.4 is 15.4 Å². The van der Waals surface area contributed by atoms with Gasteiger partial charge in [0.1, 0.15) is 5.75 Å². The van der Waals surface area contributed by atoms with Gasteiger partial charge in [-0.15, -0.1) is 11.3 Å². The number of carbonyl (C=O) groups excluding carboxylic acids is 3. The van der Waals surface area contributed by atoms with Crippen LogP contribution in [0, 0.1) is 0 Å². The first-order valence-corrected chi connectivity index (χ1v) is 10.00. The molecule has 150 valence electrons. The SMILES string of the molecule is COc1ccccc1-c1csc(N(C)C(=O)C(=O)CCCCCCC(N)=O)n1. The van der Waals surface area contributed by atoms with E-state index in [1.807, 2.05) is 29.6 Å². The quantitative estimate of drug-likeness (QED) is 0.458. The van der Waals surface area contributed by atoms with Gasteiger partial charge in [0, 0.05) is 30.8 Å². The van der Waals surface area contributed by atoms with E-state index >= 15 is 0 Å². The number of hydrogen-bond donors (Lipinski definition) is 1. The molecule has 8 heteroatoms. The van der Waals surface area contributed by atoms with Crippen molar-refractivity contribution in [3.8, 4) is 17.0 Å². The summed E-state index contributed by atoms with van der Waals surface area (Å²) in [6, 6.07) is 7.50. The van der Waals surface area contributed by atoms with Gasteiger partial charge in [0.15, 0.2) is 5.13 Å². The van der Waals surface area contributed by atoms with Crippen molar-refractivity contribution in [2.45, 2.75) is 38.5 Å². The van der Waals surface area contributed by atoms with Gasteiger partial charge in [-0.05, 0) is 25.0 Å². The first-order chi connectivity index (χ1) is 13.4. The van der Waals surface area contributed by atoms with Crippen molar-refractivity contribution in [2.75, 3.05) is 19.1 Å². The number of amides is 2. The summed E-state index contributed by atoms with van der Waals surface area (Å²) in [6.45, 7) is 0. The monoisotopic (exact) mass is 403 g/mol. The van der Waals surface area contributed by atoms with Crippen molar-refractivity contribution in [3.05, 3.63) is 29.6 Å². The predicted molar refractivity (Wildman–Crippen MR) is 109 cm³/mol. The van der Waals surface area contributed by atoms with Crippen molar-refractivity contribution in [2.24, 2.45) is 5.73 Å². The van der Waals surface area contributed by atoms with Crippen LogP contribution >= 0.6 is 11.3 Å². The third-order valence-electron chi connectivity index (χ3n) is 4.28. The number of unbranched alkanes of at least 4 members (excludes halogenated alkanes) is 3. The number of anilines is 1. The molecule has 1 aromatic heterocycles. The largest absolute Gasteiger partial charge is 0.496 e. The van der Waals surface area contributed by atoms with Gasteiger partial charge in [-0.25, -0.2) is 4.98 Å². The average Bonchev–Trinajstić information content (AvgIpc) is 3.19. The van der Waals surface area contributed by atoms with E-state index in [1.54, 1.807) is 14.2 Å². The normalized spacial score (nSPS) is 10.5. The molecule has 0 aliphatic rings. The van der Waals surface area contributed by atoms with Gasteiger partial charge in [-0.1, -0.05) is 25.0 Å². The Bertz CT molecular complexity index is 834. The summed E-state index contributed by atoms with van der Waals surface area (Å²) >= 11 is 1.30. The van der Waals surface area contributed by atoms with E-state index in [1.165, 1.54) is 16.2 Å². The number of carbonyl (C=O) groups is 3. The lowest BCUT2D eigenvalue weighted by atomic mass is 10.1. The second-order valence-electron chi connectivity index (χ2n) is 6.38. The van der Waals surface area contributed by atoms with Crippen molar-refractivity contribution >= 4 is 34.1 Å².